The topological polar surface area (TPSA) is 65.4 Å². The number of carbonyl (C=O) groups excluding carboxylic acids is 1. The predicted molar refractivity (Wildman–Crippen MR) is 97.3 cm³/mol. The number of hydrogen-bond donors (Lipinski definition) is 1. The summed E-state index contributed by atoms with van der Waals surface area (Å²) in [6, 6.07) is 17.4. The Bertz CT molecular complexity index is 907. The van der Waals surface area contributed by atoms with Crippen molar-refractivity contribution >= 4 is 11.6 Å². The van der Waals surface area contributed by atoms with Gasteiger partial charge in [0, 0.05) is 6.20 Å². The van der Waals surface area contributed by atoms with Crippen LogP contribution in [0.5, 0.6) is 11.5 Å². The van der Waals surface area contributed by atoms with Crippen LogP contribution >= 0.6 is 0 Å². The van der Waals surface area contributed by atoms with Crippen molar-refractivity contribution in [2.45, 2.75) is 25.7 Å². The van der Waals surface area contributed by atoms with Crippen LogP contribution in [-0.4, -0.2) is 27.9 Å². The van der Waals surface area contributed by atoms with Gasteiger partial charge in [-0.15, -0.1) is 0 Å². The largest absolute Gasteiger partial charge is 0.482 e. The SMILES string of the molecule is C[C@@H]1Oc2ccccc2O[C@H]1C(=O)Nc1cnn(Cc2ccccc2)c1. The number of amides is 1. The van der Waals surface area contributed by atoms with Crippen molar-refractivity contribution in [3.63, 3.8) is 0 Å². The average molecular weight is 349 g/mol. The normalized spacial score (nSPS) is 18.3. The summed E-state index contributed by atoms with van der Waals surface area (Å²) < 4.78 is 13.4. The van der Waals surface area contributed by atoms with Crippen LogP contribution in [0.4, 0.5) is 5.69 Å². The van der Waals surface area contributed by atoms with Crippen LogP contribution in [0.2, 0.25) is 0 Å². The predicted octanol–water partition coefficient (Wildman–Crippen LogP) is 3.10. The Morgan fingerprint density at radius 3 is 2.54 bits per heavy atom. The molecule has 2 atom stereocenters. The zero-order chi connectivity index (χ0) is 17.9. The number of aromatic nitrogens is 2. The van der Waals surface area contributed by atoms with E-state index < -0.39 is 6.10 Å². The van der Waals surface area contributed by atoms with Gasteiger partial charge >= 0.3 is 0 Å². The van der Waals surface area contributed by atoms with Gasteiger partial charge in [-0.05, 0) is 24.6 Å². The van der Waals surface area contributed by atoms with Crippen molar-refractivity contribution in [3.05, 3.63) is 72.6 Å². The number of anilines is 1. The highest BCUT2D eigenvalue weighted by Crippen LogP contribution is 2.33. The Balaban J connectivity index is 1.42. The van der Waals surface area contributed by atoms with Gasteiger partial charge in [-0.3, -0.25) is 9.48 Å². The molecule has 0 radical (unpaired) electrons. The first kappa shape index (κ1) is 16.2. The van der Waals surface area contributed by atoms with Crippen LogP contribution in [0.1, 0.15) is 12.5 Å². The van der Waals surface area contributed by atoms with Crippen molar-refractivity contribution in [1.82, 2.24) is 9.78 Å². The van der Waals surface area contributed by atoms with Crippen LogP contribution < -0.4 is 14.8 Å². The van der Waals surface area contributed by atoms with Gasteiger partial charge in [-0.1, -0.05) is 42.5 Å². The number of benzene rings is 2. The van der Waals surface area contributed by atoms with Crippen LogP contribution in [-0.2, 0) is 11.3 Å². The molecule has 6 heteroatoms. The summed E-state index contributed by atoms with van der Waals surface area (Å²) in [7, 11) is 0. The zero-order valence-corrected chi connectivity index (χ0v) is 14.3. The summed E-state index contributed by atoms with van der Waals surface area (Å²) in [6.45, 7) is 2.46. The fraction of sp³-hybridized carbons (Fsp3) is 0.200. The Morgan fingerprint density at radius 1 is 1.08 bits per heavy atom. The van der Waals surface area contributed by atoms with E-state index in [9.17, 15) is 4.79 Å². The molecule has 0 aliphatic carbocycles. The van der Waals surface area contributed by atoms with Gasteiger partial charge in [0.2, 0.25) is 6.10 Å². The number of ether oxygens (including phenoxy) is 2. The van der Waals surface area contributed by atoms with Crippen molar-refractivity contribution in [2.24, 2.45) is 0 Å². The molecule has 6 nitrogen and oxygen atoms in total. The van der Waals surface area contributed by atoms with E-state index in [1.165, 1.54) is 0 Å². The van der Waals surface area contributed by atoms with Gasteiger partial charge < -0.3 is 14.8 Å². The van der Waals surface area contributed by atoms with E-state index in [-0.39, 0.29) is 12.0 Å². The van der Waals surface area contributed by atoms with Crippen molar-refractivity contribution in [2.75, 3.05) is 5.32 Å². The molecule has 1 aliphatic heterocycles. The second-order valence-corrected chi connectivity index (χ2v) is 6.21. The summed E-state index contributed by atoms with van der Waals surface area (Å²) in [5.74, 6) is 0.969. The van der Waals surface area contributed by atoms with E-state index in [0.717, 1.165) is 5.56 Å². The monoisotopic (exact) mass is 349 g/mol. The van der Waals surface area contributed by atoms with Gasteiger partial charge in [0.15, 0.2) is 11.5 Å². The lowest BCUT2D eigenvalue weighted by atomic mass is 10.1. The minimum Gasteiger partial charge on any atom is -0.482 e. The van der Waals surface area contributed by atoms with Crippen LogP contribution in [0.3, 0.4) is 0 Å². The van der Waals surface area contributed by atoms with E-state index in [0.29, 0.717) is 23.7 Å². The maximum absolute atomic E-state index is 12.6. The molecule has 4 rings (SSSR count). The quantitative estimate of drug-likeness (QED) is 0.786. The lowest BCUT2D eigenvalue weighted by Crippen LogP contribution is -2.46. The minimum absolute atomic E-state index is 0.258. The summed E-state index contributed by atoms with van der Waals surface area (Å²) in [5, 5.41) is 7.15. The molecule has 132 valence electrons. The van der Waals surface area contributed by atoms with Gasteiger partial charge in [-0.25, -0.2) is 0 Å². The molecule has 0 fully saturated rings. The Kier molecular flexibility index (Phi) is 4.31. The van der Waals surface area contributed by atoms with Crippen LogP contribution in [0.25, 0.3) is 0 Å². The molecular weight excluding hydrogens is 330 g/mol. The van der Waals surface area contributed by atoms with Crippen LogP contribution in [0.15, 0.2) is 67.0 Å². The van der Waals surface area contributed by atoms with Gasteiger partial charge in [0.25, 0.3) is 5.91 Å². The van der Waals surface area contributed by atoms with E-state index in [1.807, 2.05) is 55.5 Å². The zero-order valence-electron chi connectivity index (χ0n) is 14.3. The molecule has 3 aromatic rings. The molecule has 1 N–H and O–H groups in total. The number of nitrogens with one attached hydrogen (secondary N) is 1. The van der Waals surface area contributed by atoms with Gasteiger partial charge in [0.05, 0.1) is 18.4 Å². The molecule has 2 heterocycles. The van der Waals surface area contributed by atoms with Gasteiger partial charge in [-0.2, -0.15) is 5.10 Å². The third-order valence-electron chi connectivity index (χ3n) is 4.19. The molecule has 1 amide bonds. The van der Waals surface area contributed by atoms with E-state index in [1.54, 1.807) is 23.1 Å². The third kappa shape index (κ3) is 3.39. The van der Waals surface area contributed by atoms with Crippen molar-refractivity contribution < 1.29 is 14.3 Å². The average Bonchev–Trinajstić information content (AvgIpc) is 3.08. The summed E-state index contributed by atoms with van der Waals surface area (Å²) in [6.07, 6.45) is 2.32. The van der Waals surface area contributed by atoms with E-state index in [2.05, 4.69) is 10.4 Å². The Morgan fingerprint density at radius 2 is 1.77 bits per heavy atom. The lowest BCUT2D eigenvalue weighted by molar-refractivity contribution is -0.128. The summed E-state index contributed by atoms with van der Waals surface area (Å²) in [4.78, 5) is 12.6. The highest BCUT2D eigenvalue weighted by atomic mass is 16.6. The van der Waals surface area contributed by atoms with Crippen molar-refractivity contribution in [1.29, 1.82) is 0 Å². The highest BCUT2D eigenvalue weighted by Gasteiger charge is 2.34. The Hall–Kier alpha value is -3.28. The van der Waals surface area contributed by atoms with E-state index >= 15 is 0 Å². The number of para-hydroxylation sites is 2. The molecule has 0 bridgehead atoms. The number of carbonyl (C=O) groups is 1. The fourth-order valence-electron chi connectivity index (χ4n) is 2.90. The Labute approximate surface area is 151 Å². The second-order valence-electron chi connectivity index (χ2n) is 6.21. The minimum atomic E-state index is -0.720. The molecule has 1 aromatic heterocycles. The number of rotatable bonds is 4. The molecule has 2 aromatic carbocycles. The standard InChI is InChI=1S/C20H19N3O3/c1-14-19(26-18-10-6-5-9-17(18)25-14)20(24)22-16-11-21-23(13-16)12-15-7-3-2-4-8-15/h2-11,13-14,19H,12H2,1H3,(H,22,24)/t14-,19+/m0/s1. The van der Waals surface area contributed by atoms with Crippen LogP contribution in [0, 0.1) is 0 Å². The summed E-state index contributed by atoms with van der Waals surface area (Å²) >= 11 is 0. The summed E-state index contributed by atoms with van der Waals surface area (Å²) in [5.41, 5.74) is 1.77. The highest BCUT2D eigenvalue weighted by molar-refractivity contribution is 5.94. The second kappa shape index (κ2) is 6.92. The smallest absolute Gasteiger partial charge is 0.269 e. The molecule has 0 unspecified atom stereocenters. The number of fused-ring (bicyclic) bond motifs is 1. The number of nitrogens with zero attached hydrogens (tertiary/aromatic N) is 2. The first-order valence-electron chi connectivity index (χ1n) is 8.48. The molecule has 0 saturated carbocycles. The maximum atomic E-state index is 12.6. The van der Waals surface area contributed by atoms with Gasteiger partial charge in [0.1, 0.15) is 6.10 Å². The number of hydrogen-bond acceptors (Lipinski definition) is 4. The van der Waals surface area contributed by atoms with E-state index in [4.69, 9.17) is 9.47 Å². The molecule has 26 heavy (non-hydrogen) atoms. The lowest BCUT2D eigenvalue weighted by Gasteiger charge is -2.30. The fourth-order valence-corrected chi connectivity index (χ4v) is 2.90. The molecule has 0 spiro atoms. The molecule has 1 aliphatic rings. The van der Waals surface area contributed by atoms with Crippen molar-refractivity contribution in [3.8, 4) is 11.5 Å². The third-order valence-corrected chi connectivity index (χ3v) is 4.19. The molecule has 0 saturated heterocycles. The first-order chi connectivity index (χ1) is 12.7. The molecular formula is C20H19N3O3. The maximum Gasteiger partial charge on any atom is 0.269 e. The first-order valence-corrected chi connectivity index (χ1v) is 8.48.